The lowest BCUT2D eigenvalue weighted by Crippen LogP contribution is -2.31. The molecule has 0 aromatic heterocycles. The molecule has 0 heterocycles. The van der Waals surface area contributed by atoms with Crippen LogP contribution in [0.1, 0.15) is 29.6 Å². The van der Waals surface area contributed by atoms with Crippen LogP contribution < -0.4 is 5.32 Å². The number of hydrogen-bond acceptors (Lipinski definition) is 2. The van der Waals surface area contributed by atoms with Crippen molar-refractivity contribution in [1.82, 2.24) is 5.32 Å². The molecule has 3 nitrogen and oxygen atoms in total. The van der Waals surface area contributed by atoms with Gasteiger partial charge in [0.2, 0.25) is 0 Å². The molecule has 0 spiro atoms. The van der Waals surface area contributed by atoms with Crippen LogP contribution >= 0.6 is 0 Å². The van der Waals surface area contributed by atoms with E-state index in [2.05, 4.69) is 5.32 Å². The van der Waals surface area contributed by atoms with E-state index in [4.69, 9.17) is 5.11 Å². The minimum atomic E-state index is -0.862. The summed E-state index contributed by atoms with van der Waals surface area (Å²) in [5.41, 5.74) is -0.183. The van der Waals surface area contributed by atoms with Crippen molar-refractivity contribution in [1.29, 1.82) is 0 Å². The van der Waals surface area contributed by atoms with E-state index in [1.54, 1.807) is 0 Å². The predicted octanol–water partition coefficient (Wildman–Crippen LogP) is 1.86. The number of carbonyl (C=O) groups excluding carboxylic acids is 1. The van der Waals surface area contributed by atoms with Gasteiger partial charge in [-0.2, -0.15) is 0 Å². The topological polar surface area (TPSA) is 49.3 Å². The van der Waals surface area contributed by atoms with Gasteiger partial charge >= 0.3 is 0 Å². The fourth-order valence-corrected chi connectivity index (χ4v) is 1.97. The molecule has 1 aliphatic rings. The summed E-state index contributed by atoms with van der Waals surface area (Å²) < 4.78 is 26.0. The number of rotatable bonds is 5. The maximum atomic E-state index is 13.3. The van der Waals surface area contributed by atoms with Gasteiger partial charge in [0.1, 0.15) is 11.6 Å². The average molecular weight is 255 g/mol. The average Bonchev–Trinajstić information content (AvgIpc) is 3.07. The van der Waals surface area contributed by atoms with Crippen LogP contribution in [0.5, 0.6) is 0 Å². The van der Waals surface area contributed by atoms with Crippen LogP contribution in [0.25, 0.3) is 0 Å². The zero-order chi connectivity index (χ0) is 13.2. The zero-order valence-electron chi connectivity index (χ0n) is 9.88. The fourth-order valence-electron chi connectivity index (χ4n) is 1.97. The van der Waals surface area contributed by atoms with Crippen LogP contribution in [0.2, 0.25) is 0 Å². The lowest BCUT2D eigenvalue weighted by atomic mass is 10.0. The standard InChI is InChI=1S/C13H15F2NO2/c14-9-1-2-10(11(15)7-9)12(18)16-8-13(3-4-13)5-6-17/h1-2,7,17H,3-6,8H2,(H,16,18). The predicted molar refractivity (Wildman–Crippen MR) is 62.1 cm³/mol. The summed E-state index contributed by atoms with van der Waals surface area (Å²) in [5, 5.41) is 11.5. The van der Waals surface area contributed by atoms with Crippen molar-refractivity contribution >= 4 is 5.91 Å². The van der Waals surface area contributed by atoms with Crippen LogP contribution in [0.3, 0.4) is 0 Å². The van der Waals surface area contributed by atoms with Gasteiger partial charge in [0.05, 0.1) is 5.56 Å². The van der Waals surface area contributed by atoms with E-state index in [0.717, 1.165) is 25.0 Å². The van der Waals surface area contributed by atoms with E-state index in [1.807, 2.05) is 0 Å². The van der Waals surface area contributed by atoms with Gasteiger partial charge in [-0.15, -0.1) is 0 Å². The summed E-state index contributed by atoms with van der Waals surface area (Å²) in [6, 6.07) is 2.87. The molecule has 0 saturated heterocycles. The number of benzene rings is 1. The highest BCUT2D eigenvalue weighted by Gasteiger charge is 2.41. The first-order chi connectivity index (χ1) is 8.56. The Kier molecular flexibility index (Phi) is 3.61. The van der Waals surface area contributed by atoms with Crippen molar-refractivity contribution in [3.05, 3.63) is 35.4 Å². The van der Waals surface area contributed by atoms with Crippen molar-refractivity contribution in [2.75, 3.05) is 13.2 Å². The normalized spacial score (nSPS) is 16.4. The van der Waals surface area contributed by atoms with Crippen LogP contribution in [0, 0.1) is 17.0 Å². The molecule has 1 aliphatic carbocycles. The lowest BCUT2D eigenvalue weighted by Gasteiger charge is -2.14. The third-order valence-corrected chi connectivity index (χ3v) is 3.40. The van der Waals surface area contributed by atoms with Crippen LogP contribution in [0.15, 0.2) is 18.2 Å². The molecule has 18 heavy (non-hydrogen) atoms. The second-order valence-corrected chi connectivity index (χ2v) is 4.78. The van der Waals surface area contributed by atoms with Gasteiger partial charge in [-0.3, -0.25) is 4.79 Å². The van der Waals surface area contributed by atoms with Gasteiger partial charge < -0.3 is 10.4 Å². The smallest absolute Gasteiger partial charge is 0.254 e. The van der Waals surface area contributed by atoms with E-state index >= 15 is 0 Å². The Morgan fingerprint density at radius 2 is 2.11 bits per heavy atom. The highest BCUT2D eigenvalue weighted by molar-refractivity contribution is 5.94. The highest BCUT2D eigenvalue weighted by Crippen LogP contribution is 2.47. The molecule has 0 unspecified atom stereocenters. The Morgan fingerprint density at radius 1 is 1.39 bits per heavy atom. The summed E-state index contributed by atoms with van der Waals surface area (Å²) in [6.07, 6.45) is 2.55. The van der Waals surface area contributed by atoms with Crippen LogP contribution in [-0.4, -0.2) is 24.2 Å². The number of aliphatic hydroxyl groups excluding tert-OH is 1. The molecule has 1 amide bonds. The van der Waals surface area contributed by atoms with Gasteiger partial charge in [0.25, 0.3) is 5.91 Å². The number of aliphatic hydroxyl groups is 1. The Bertz CT molecular complexity index is 458. The van der Waals surface area contributed by atoms with Crippen molar-refractivity contribution in [2.24, 2.45) is 5.41 Å². The monoisotopic (exact) mass is 255 g/mol. The molecule has 0 atom stereocenters. The highest BCUT2D eigenvalue weighted by atomic mass is 19.1. The fraction of sp³-hybridized carbons (Fsp3) is 0.462. The number of hydrogen-bond donors (Lipinski definition) is 2. The first-order valence-corrected chi connectivity index (χ1v) is 5.90. The molecule has 98 valence electrons. The number of nitrogens with one attached hydrogen (secondary N) is 1. The summed E-state index contributed by atoms with van der Waals surface area (Å²) >= 11 is 0. The summed E-state index contributed by atoms with van der Waals surface area (Å²) in [4.78, 5) is 11.7. The maximum absolute atomic E-state index is 13.3. The molecule has 1 aromatic carbocycles. The van der Waals surface area contributed by atoms with Gasteiger partial charge in [-0.05, 0) is 36.8 Å². The molecule has 0 aliphatic heterocycles. The second-order valence-electron chi connectivity index (χ2n) is 4.78. The third kappa shape index (κ3) is 2.85. The Labute approximate surface area is 104 Å². The first kappa shape index (κ1) is 13.0. The minimum Gasteiger partial charge on any atom is -0.396 e. The van der Waals surface area contributed by atoms with Crippen molar-refractivity contribution in [3.8, 4) is 0 Å². The van der Waals surface area contributed by atoms with E-state index in [0.29, 0.717) is 19.0 Å². The molecule has 1 fully saturated rings. The van der Waals surface area contributed by atoms with Gasteiger partial charge in [-0.25, -0.2) is 8.78 Å². The molecular weight excluding hydrogens is 240 g/mol. The Hall–Kier alpha value is -1.49. The number of carbonyl (C=O) groups is 1. The quantitative estimate of drug-likeness (QED) is 0.843. The minimum absolute atomic E-state index is 0.0269. The summed E-state index contributed by atoms with van der Waals surface area (Å²) in [7, 11) is 0. The van der Waals surface area contributed by atoms with Crippen LogP contribution in [0.4, 0.5) is 8.78 Å². The summed E-state index contributed by atoms with van der Waals surface area (Å²) in [6.45, 7) is 0.504. The Morgan fingerprint density at radius 3 is 2.67 bits per heavy atom. The van der Waals surface area contributed by atoms with Crippen molar-refractivity contribution < 1.29 is 18.7 Å². The first-order valence-electron chi connectivity index (χ1n) is 5.90. The zero-order valence-corrected chi connectivity index (χ0v) is 9.88. The number of halogens is 2. The molecule has 0 radical (unpaired) electrons. The maximum Gasteiger partial charge on any atom is 0.254 e. The molecule has 1 aromatic rings. The second kappa shape index (κ2) is 5.02. The molecule has 1 saturated carbocycles. The van der Waals surface area contributed by atoms with Gasteiger partial charge in [0, 0.05) is 19.2 Å². The molecular formula is C13H15F2NO2. The third-order valence-electron chi connectivity index (χ3n) is 3.40. The lowest BCUT2D eigenvalue weighted by molar-refractivity contribution is 0.0936. The largest absolute Gasteiger partial charge is 0.396 e. The van der Waals surface area contributed by atoms with Gasteiger partial charge in [0.15, 0.2) is 0 Å². The SMILES string of the molecule is O=C(NCC1(CCO)CC1)c1ccc(F)cc1F. The Balaban J connectivity index is 1.96. The van der Waals surface area contributed by atoms with Crippen molar-refractivity contribution in [2.45, 2.75) is 19.3 Å². The number of amides is 1. The van der Waals surface area contributed by atoms with E-state index in [-0.39, 0.29) is 17.6 Å². The molecule has 5 heteroatoms. The molecule has 2 N–H and O–H groups in total. The van der Waals surface area contributed by atoms with Gasteiger partial charge in [-0.1, -0.05) is 0 Å². The van der Waals surface area contributed by atoms with Crippen molar-refractivity contribution in [3.63, 3.8) is 0 Å². The van der Waals surface area contributed by atoms with Crippen LogP contribution in [-0.2, 0) is 0 Å². The van der Waals surface area contributed by atoms with E-state index in [9.17, 15) is 13.6 Å². The summed E-state index contributed by atoms with van der Waals surface area (Å²) in [5.74, 6) is -2.11. The molecule has 2 rings (SSSR count). The molecule has 0 bridgehead atoms. The van der Waals surface area contributed by atoms with E-state index < -0.39 is 17.5 Å². The van der Waals surface area contributed by atoms with E-state index in [1.165, 1.54) is 0 Å².